The first kappa shape index (κ1) is 15.9. The van der Waals surface area contributed by atoms with Gasteiger partial charge in [0.1, 0.15) is 5.01 Å². The van der Waals surface area contributed by atoms with Crippen molar-refractivity contribution in [2.45, 2.75) is 43.9 Å². The summed E-state index contributed by atoms with van der Waals surface area (Å²) in [6, 6.07) is 7.35. The van der Waals surface area contributed by atoms with E-state index in [1.165, 1.54) is 38.5 Å². The fourth-order valence-electron chi connectivity index (χ4n) is 5.63. The quantitative estimate of drug-likeness (QED) is 0.762. The van der Waals surface area contributed by atoms with Gasteiger partial charge in [-0.05, 0) is 80.5 Å². The SMILES string of the molecule is O=C(Nc1nnc(C23CC4CC(CC(C4)C2)C3)s1)c1ccc(Br)cc1. The summed E-state index contributed by atoms with van der Waals surface area (Å²) < 4.78 is 0.962. The minimum absolute atomic E-state index is 0.124. The Hall–Kier alpha value is -1.27. The first-order chi connectivity index (χ1) is 12.1. The number of hydrogen-bond donors (Lipinski definition) is 1. The van der Waals surface area contributed by atoms with Crippen LogP contribution in [0.2, 0.25) is 0 Å². The third-order valence-corrected chi connectivity index (χ3v) is 7.86. The molecule has 130 valence electrons. The van der Waals surface area contributed by atoms with Crippen molar-refractivity contribution in [1.29, 1.82) is 0 Å². The highest BCUT2D eigenvalue weighted by molar-refractivity contribution is 9.10. The standard InChI is InChI=1S/C19H20BrN3OS/c20-15-3-1-14(2-4-15)16(24)21-18-23-22-17(25-18)19-8-11-5-12(9-19)7-13(6-11)10-19/h1-4,11-13H,5-10H2,(H,21,23,24). The second-order valence-electron chi connectivity index (χ2n) is 8.07. The predicted octanol–water partition coefficient (Wildman–Crippen LogP) is 5.02. The van der Waals surface area contributed by atoms with Crippen LogP contribution in [0.3, 0.4) is 0 Å². The lowest BCUT2D eigenvalue weighted by Gasteiger charge is -2.55. The molecule has 0 aliphatic heterocycles. The molecule has 4 fully saturated rings. The van der Waals surface area contributed by atoms with Gasteiger partial charge in [0.2, 0.25) is 5.13 Å². The molecule has 4 saturated carbocycles. The Bertz CT molecular complexity index is 781. The number of carbonyl (C=O) groups is 1. The van der Waals surface area contributed by atoms with Crippen LogP contribution in [0.25, 0.3) is 0 Å². The number of rotatable bonds is 3. The van der Waals surface area contributed by atoms with E-state index in [2.05, 4.69) is 31.4 Å². The molecule has 25 heavy (non-hydrogen) atoms. The average Bonchev–Trinajstić information content (AvgIpc) is 3.03. The zero-order valence-corrected chi connectivity index (χ0v) is 16.3. The van der Waals surface area contributed by atoms with Crippen molar-refractivity contribution >= 4 is 38.3 Å². The number of aromatic nitrogens is 2. The minimum atomic E-state index is -0.124. The maximum Gasteiger partial charge on any atom is 0.257 e. The Morgan fingerprint density at radius 1 is 1.04 bits per heavy atom. The van der Waals surface area contributed by atoms with E-state index >= 15 is 0 Å². The van der Waals surface area contributed by atoms with Crippen LogP contribution in [0.5, 0.6) is 0 Å². The molecule has 1 N–H and O–H groups in total. The molecule has 0 unspecified atom stereocenters. The van der Waals surface area contributed by atoms with E-state index in [1.54, 1.807) is 23.5 Å². The number of halogens is 1. The van der Waals surface area contributed by atoms with Gasteiger partial charge in [0.25, 0.3) is 5.91 Å². The van der Waals surface area contributed by atoms with Gasteiger partial charge in [-0.25, -0.2) is 0 Å². The van der Waals surface area contributed by atoms with Gasteiger partial charge >= 0.3 is 0 Å². The van der Waals surface area contributed by atoms with Crippen molar-refractivity contribution in [3.8, 4) is 0 Å². The van der Waals surface area contributed by atoms with Crippen LogP contribution < -0.4 is 5.32 Å². The fraction of sp³-hybridized carbons (Fsp3) is 0.526. The number of anilines is 1. The number of nitrogens with one attached hydrogen (secondary N) is 1. The summed E-state index contributed by atoms with van der Waals surface area (Å²) in [5.41, 5.74) is 0.877. The molecule has 0 radical (unpaired) electrons. The molecular weight excluding hydrogens is 398 g/mol. The van der Waals surface area contributed by atoms with E-state index in [-0.39, 0.29) is 11.3 Å². The normalized spacial score (nSPS) is 32.8. The molecule has 1 aromatic heterocycles. The number of benzene rings is 1. The summed E-state index contributed by atoms with van der Waals surface area (Å²) in [7, 11) is 0. The smallest absolute Gasteiger partial charge is 0.257 e. The highest BCUT2D eigenvalue weighted by Crippen LogP contribution is 2.61. The molecule has 0 saturated heterocycles. The summed E-state index contributed by atoms with van der Waals surface area (Å²) in [6.07, 6.45) is 8.08. The van der Waals surface area contributed by atoms with Gasteiger partial charge in [-0.1, -0.05) is 27.3 Å². The monoisotopic (exact) mass is 417 g/mol. The van der Waals surface area contributed by atoms with Crippen molar-refractivity contribution in [2.75, 3.05) is 5.32 Å². The van der Waals surface area contributed by atoms with Crippen molar-refractivity contribution in [3.05, 3.63) is 39.3 Å². The van der Waals surface area contributed by atoms with Gasteiger partial charge in [0.15, 0.2) is 0 Å². The lowest BCUT2D eigenvalue weighted by atomic mass is 9.50. The van der Waals surface area contributed by atoms with Gasteiger partial charge in [-0.15, -0.1) is 10.2 Å². The zero-order valence-electron chi connectivity index (χ0n) is 13.9. The molecule has 6 heteroatoms. The Kier molecular flexibility index (Phi) is 3.75. The maximum atomic E-state index is 12.4. The zero-order chi connectivity index (χ0) is 17.0. The molecule has 0 atom stereocenters. The van der Waals surface area contributed by atoms with Gasteiger partial charge in [-0.2, -0.15) is 0 Å². The van der Waals surface area contributed by atoms with Crippen molar-refractivity contribution in [1.82, 2.24) is 10.2 Å². The lowest BCUT2D eigenvalue weighted by Crippen LogP contribution is -2.48. The van der Waals surface area contributed by atoms with Crippen LogP contribution in [0.4, 0.5) is 5.13 Å². The highest BCUT2D eigenvalue weighted by atomic mass is 79.9. The number of hydrogen-bond acceptors (Lipinski definition) is 4. The molecule has 4 nitrogen and oxygen atoms in total. The Morgan fingerprint density at radius 3 is 2.24 bits per heavy atom. The van der Waals surface area contributed by atoms with Crippen LogP contribution in [0.1, 0.15) is 53.9 Å². The second kappa shape index (κ2) is 5.88. The molecule has 0 spiro atoms. The molecule has 2 aromatic rings. The minimum Gasteiger partial charge on any atom is -0.296 e. The van der Waals surface area contributed by atoms with E-state index in [9.17, 15) is 4.79 Å². The third-order valence-electron chi connectivity index (χ3n) is 6.24. The first-order valence-electron chi connectivity index (χ1n) is 9.00. The van der Waals surface area contributed by atoms with Gasteiger partial charge in [-0.3, -0.25) is 10.1 Å². The molecule has 4 aliphatic carbocycles. The van der Waals surface area contributed by atoms with Crippen LogP contribution >= 0.6 is 27.3 Å². The molecular formula is C19H20BrN3OS. The van der Waals surface area contributed by atoms with Gasteiger partial charge in [0.05, 0.1) is 0 Å². The first-order valence-corrected chi connectivity index (χ1v) is 10.6. The van der Waals surface area contributed by atoms with E-state index in [0.717, 1.165) is 27.2 Å². The third kappa shape index (κ3) is 2.83. The molecule has 1 heterocycles. The second-order valence-corrected chi connectivity index (χ2v) is 9.96. The van der Waals surface area contributed by atoms with E-state index < -0.39 is 0 Å². The van der Waals surface area contributed by atoms with Gasteiger partial charge < -0.3 is 0 Å². The number of amides is 1. The van der Waals surface area contributed by atoms with Crippen LogP contribution in [-0.2, 0) is 5.41 Å². The topological polar surface area (TPSA) is 54.9 Å². The molecule has 6 rings (SSSR count). The molecule has 4 bridgehead atoms. The van der Waals surface area contributed by atoms with E-state index in [4.69, 9.17) is 0 Å². The van der Waals surface area contributed by atoms with Crippen molar-refractivity contribution in [2.24, 2.45) is 17.8 Å². The number of carbonyl (C=O) groups excluding carboxylic acids is 1. The fourth-order valence-corrected chi connectivity index (χ4v) is 6.85. The highest BCUT2D eigenvalue weighted by Gasteiger charge is 2.53. The van der Waals surface area contributed by atoms with Crippen LogP contribution in [-0.4, -0.2) is 16.1 Å². The number of nitrogens with zero attached hydrogens (tertiary/aromatic N) is 2. The van der Waals surface area contributed by atoms with Crippen LogP contribution in [0, 0.1) is 17.8 Å². The Morgan fingerprint density at radius 2 is 1.64 bits per heavy atom. The average molecular weight is 418 g/mol. The Balaban J connectivity index is 1.35. The maximum absolute atomic E-state index is 12.4. The lowest BCUT2D eigenvalue weighted by molar-refractivity contribution is -0.00555. The molecule has 1 amide bonds. The summed E-state index contributed by atoms with van der Waals surface area (Å²) >= 11 is 4.97. The van der Waals surface area contributed by atoms with Crippen LogP contribution in [0.15, 0.2) is 28.7 Å². The summed E-state index contributed by atoms with van der Waals surface area (Å²) in [6.45, 7) is 0. The summed E-state index contributed by atoms with van der Waals surface area (Å²) in [5.74, 6) is 2.53. The summed E-state index contributed by atoms with van der Waals surface area (Å²) in [4.78, 5) is 12.4. The molecule has 4 aliphatic rings. The van der Waals surface area contributed by atoms with Gasteiger partial charge in [0, 0.05) is 15.5 Å². The Labute approximate surface area is 159 Å². The van der Waals surface area contributed by atoms with Crippen molar-refractivity contribution < 1.29 is 4.79 Å². The van der Waals surface area contributed by atoms with E-state index in [0.29, 0.717) is 10.7 Å². The largest absolute Gasteiger partial charge is 0.296 e. The predicted molar refractivity (Wildman–Crippen MR) is 102 cm³/mol. The molecule has 1 aromatic carbocycles. The van der Waals surface area contributed by atoms with E-state index in [1.807, 2.05) is 12.1 Å². The van der Waals surface area contributed by atoms with Crippen molar-refractivity contribution in [3.63, 3.8) is 0 Å². The summed E-state index contributed by atoms with van der Waals surface area (Å²) in [5, 5.41) is 13.5.